The third-order valence-electron chi connectivity index (χ3n) is 4.48. The lowest BCUT2D eigenvalue weighted by molar-refractivity contribution is -0.143. The molecule has 160 valence electrons. The summed E-state index contributed by atoms with van der Waals surface area (Å²) in [5.74, 6) is 0.967. The second-order valence-electron chi connectivity index (χ2n) is 6.73. The van der Waals surface area contributed by atoms with Crippen molar-refractivity contribution < 1.29 is 21.6 Å². The highest BCUT2D eigenvalue weighted by molar-refractivity contribution is 14.0. The molecule has 27 heavy (non-hydrogen) atoms. The lowest BCUT2D eigenvalue weighted by Gasteiger charge is -2.26. The van der Waals surface area contributed by atoms with Crippen molar-refractivity contribution in [3.63, 3.8) is 0 Å². The van der Waals surface area contributed by atoms with Gasteiger partial charge in [0.15, 0.2) is 15.8 Å². The van der Waals surface area contributed by atoms with E-state index in [1.165, 1.54) is 4.90 Å². The van der Waals surface area contributed by atoms with Gasteiger partial charge in [-0.1, -0.05) is 0 Å². The van der Waals surface area contributed by atoms with E-state index in [2.05, 4.69) is 20.5 Å². The van der Waals surface area contributed by atoms with Gasteiger partial charge in [-0.2, -0.15) is 13.2 Å². The lowest BCUT2D eigenvalue weighted by atomic mass is 10.3. The van der Waals surface area contributed by atoms with E-state index < -0.39 is 22.6 Å². The van der Waals surface area contributed by atoms with Crippen LogP contribution in [0.5, 0.6) is 0 Å². The predicted octanol–water partition coefficient (Wildman–Crippen LogP) is 0.527. The van der Waals surface area contributed by atoms with Crippen LogP contribution in [0.15, 0.2) is 4.99 Å². The Balaban J connectivity index is 0.00000364. The van der Waals surface area contributed by atoms with E-state index in [1.807, 2.05) is 6.92 Å². The Morgan fingerprint density at radius 2 is 1.85 bits per heavy atom. The molecule has 0 aromatic rings. The Bertz CT molecular complexity index is 574. The van der Waals surface area contributed by atoms with E-state index >= 15 is 0 Å². The van der Waals surface area contributed by atoms with Crippen molar-refractivity contribution in [2.24, 2.45) is 4.99 Å². The van der Waals surface area contributed by atoms with Crippen LogP contribution >= 0.6 is 24.0 Å². The van der Waals surface area contributed by atoms with Crippen LogP contribution in [0.4, 0.5) is 13.2 Å². The van der Waals surface area contributed by atoms with Crippen molar-refractivity contribution in [1.82, 2.24) is 20.4 Å². The smallest absolute Gasteiger partial charge is 0.357 e. The van der Waals surface area contributed by atoms with Crippen LogP contribution in [-0.2, 0) is 9.84 Å². The van der Waals surface area contributed by atoms with E-state index in [0.29, 0.717) is 58.2 Å². The highest BCUT2D eigenvalue weighted by atomic mass is 127. The second-order valence-corrected chi connectivity index (χ2v) is 9.04. The van der Waals surface area contributed by atoms with E-state index in [-0.39, 0.29) is 41.5 Å². The fraction of sp³-hybridized carbons (Fsp3) is 0.933. The number of halogens is 4. The Hall–Kier alpha value is -0.340. The van der Waals surface area contributed by atoms with E-state index in [1.54, 1.807) is 0 Å². The van der Waals surface area contributed by atoms with Gasteiger partial charge >= 0.3 is 6.18 Å². The van der Waals surface area contributed by atoms with E-state index in [0.717, 1.165) is 0 Å². The molecule has 2 saturated heterocycles. The number of nitrogens with zero attached hydrogens (tertiary/aromatic N) is 3. The number of aliphatic imine (C=N–C) groups is 1. The topological polar surface area (TPSA) is 77.0 Å². The molecule has 0 radical (unpaired) electrons. The van der Waals surface area contributed by atoms with Crippen LogP contribution in [0.1, 0.15) is 13.3 Å². The second kappa shape index (κ2) is 11.0. The Labute approximate surface area is 176 Å². The molecule has 12 heteroatoms. The normalized spacial score (nSPS) is 24.4. The molecule has 2 aliphatic rings. The summed E-state index contributed by atoms with van der Waals surface area (Å²) < 4.78 is 60.2. The van der Waals surface area contributed by atoms with Gasteiger partial charge in [0.05, 0.1) is 24.6 Å². The number of guanidine groups is 1. The lowest BCUT2D eigenvalue weighted by Crippen LogP contribution is -2.46. The molecule has 1 unspecified atom stereocenters. The summed E-state index contributed by atoms with van der Waals surface area (Å²) in [5, 5.41) is 6.31. The highest BCUT2D eigenvalue weighted by Crippen LogP contribution is 2.19. The summed E-state index contributed by atoms with van der Waals surface area (Å²) in [6.45, 7) is 4.69. The molecule has 2 aliphatic heterocycles. The number of likely N-dealkylation sites (tertiary alicyclic amines) is 1. The molecule has 0 amide bonds. The van der Waals surface area contributed by atoms with Gasteiger partial charge in [0, 0.05) is 45.3 Å². The number of rotatable bonds is 6. The molecule has 0 aliphatic carbocycles. The van der Waals surface area contributed by atoms with Gasteiger partial charge in [0.1, 0.15) is 0 Å². The largest absolute Gasteiger partial charge is 0.401 e. The first-order valence-electron chi connectivity index (χ1n) is 8.93. The van der Waals surface area contributed by atoms with Crippen molar-refractivity contribution >= 4 is 39.8 Å². The molecule has 2 N–H and O–H groups in total. The minimum atomic E-state index is -4.17. The number of hydrogen-bond donors (Lipinski definition) is 2. The highest BCUT2D eigenvalue weighted by Gasteiger charge is 2.34. The van der Waals surface area contributed by atoms with Crippen LogP contribution in [0.3, 0.4) is 0 Å². The fourth-order valence-electron chi connectivity index (χ4n) is 3.14. The van der Waals surface area contributed by atoms with Gasteiger partial charge in [-0.25, -0.2) is 8.42 Å². The number of nitrogens with one attached hydrogen (secondary N) is 2. The molecule has 0 saturated carbocycles. The van der Waals surface area contributed by atoms with Crippen molar-refractivity contribution in [3.05, 3.63) is 0 Å². The van der Waals surface area contributed by atoms with Crippen molar-refractivity contribution in [3.8, 4) is 0 Å². The Morgan fingerprint density at radius 1 is 1.19 bits per heavy atom. The van der Waals surface area contributed by atoms with Gasteiger partial charge in [-0.05, 0) is 13.3 Å². The summed E-state index contributed by atoms with van der Waals surface area (Å²) in [7, 11) is -2.89. The summed E-state index contributed by atoms with van der Waals surface area (Å²) in [4.78, 5) is 7.93. The maximum Gasteiger partial charge on any atom is 0.401 e. The number of sulfone groups is 1. The summed E-state index contributed by atoms with van der Waals surface area (Å²) >= 11 is 0. The predicted molar refractivity (Wildman–Crippen MR) is 111 cm³/mol. The zero-order valence-electron chi connectivity index (χ0n) is 15.5. The zero-order chi connectivity index (χ0) is 19.2. The minimum absolute atomic E-state index is 0. The molecule has 7 nitrogen and oxygen atoms in total. The summed E-state index contributed by atoms with van der Waals surface area (Å²) in [5.41, 5.74) is 0. The molecule has 2 rings (SSSR count). The average molecular weight is 527 g/mol. The monoisotopic (exact) mass is 527 g/mol. The first-order valence-corrected chi connectivity index (χ1v) is 10.8. The van der Waals surface area contributed by atoms with Crippen molar-refractivity contribution in [1.29, 1.82) is 0 Å². The van der Waals surface area contributed by atoms with Gasteiger partial charge < -0.3 is 10.6 Å². The first-order chi connectivity index (χ1) is 12.2. The number of alkyl halides is 3. The molecule has 2 fully saturated rings. The van der Waals surface area contributed by atoms with Crippen molar-refractivity contribution in [2.45, 2.75) is 25.6 Å². The Morgan fingerprint density at radius 3 is 2.44 bits per heavy atom. The van der Waals surface area contributed by atoms with Crippen LogP contribution in [0.25, 0.3) is 0 Å². The maximum atomic E-state index is 12.5. The van der Waals surface area contributed by atoms with E-state index in [4.69, 9.17) is 0 Å². The van der Waals surface area contributed by atoms with Crippen LogP contribution in [0, 0.1) is 0 Å². The molecular formula is C15H29F3IN5O2S. The quantitative estimate of drug-likeness (QED) is 0.298. The summed E-state index contributed by atoms with van der Waals surface area (Å²) in [6.07, 6.45) is -3.53. The minimum Gasteiger partial charge on any atom is -0.357 e. The molecule has 0 aromatic heterocycles. The number of hydrogen-bond acceptors (Lipinski definition) is 5. The van der Waals surface area contributed by atoms with Crippen LogP contribution in [0.2, 0.25) is 0 Å². The molecular weight excluding hydrogens is 498 g/mol. The van der Waals surface area contributed by atoms with Crippen LogP contribution in [-0.4, -0.2) is 100 Å². The third kappa shape index (κ3) is 9.61. The molecule has 0 bridgehead atoms. The van der Waals surface area contributed by atoms with Gasteiger partial charge in [-0.15, -0.1) is 24.0 Å². The molecule has 0 aromatic carbocycles. The maximum absolute atomic E-state index is 12.5. The SMILES string of the molecule is CCNC(=NCCN1CCS(=O)(=O)CC1)NC1CCN(CC(F)(F)F)C1.I. The van der Waals surface area contributed by atoms with Crippen molar-refractivity contribution in [2.75, 3.05) is 63.9 Å². The first kappa shape index (κ1) is 24.7. The third-order valence-corrected chi connectivity index (χ3v) is 6.09. The van der Waals surface area contributed by atoms with E-state index in [9.17, 15) is 21.6 Å². The average Bonchev–Trinajstić information content (AvgIpc) is 2.94. The van der Waals surface area contributed by atoms with Gasteiger partial charge in [0.2, 0.25) is 0 Å². The van der Waals surface area contributed by atoms with Crippen LogP contribution < -0.4 is 10.6 Å². The molecule has 1 atom stereocenters. The fourth-order valence-corrected chi connectivity index (χ4v) is 4.41. The summed E-state index contributed by atoms with van der Waals surface area (Å²) in [6, 6.07) is -0.0599. The standard InChI is InChI=1S/C15H28F3N5O2S.HI/c1-2-19-14(20-4-6-22-7-9-26(24,25)10-8-22)21-13-3-5-23(11-13)12-15(16,17)18;/h13H,2-12H2,1H3,(H2,19,20,21);1H. The molecule has 2 heterocycles. The van der Waals surface area contributed by atoms with Gasteiger partial charge in [-0.3, -0.25) is 14.8 Å². The van der Waals surface area contributed by atoms with Gasteiger partial charge in [0.25, 0.3) is 0 Å². The Kier molecular flexibility index (Phi) is 10.1. The zero-order valence-corrected chi connectivity index (χ0v) is 18.6. The molecule has 0 spiro atoms.